The van der Waals surface area contributed by atoms with Gasteiger partial charge in [0.1, 0.15) is 11.7 Å². The number of anilines is 1. The van der Waals surface area contributed by atoms with E-state index >= 15 is 0 Å². The third kappa shape index (κ3) is 6.14. The van der Waals surface area contributed by atoms with Gasteiger partial charge in [-0.05, 0) is 38.3 Å². The topological polar surface area (TPSA) is 93.8 Å². The second-order valence-corrected chi connectivity index (χ2v) is 9.09. The predicted molar refractivity (Wildman–Crippen MR) is 133 cm³/mol. The molecular weight excluding hydrogens is 452 g/mol. The summed E-state index contributed by atoms with van der Waals surface area (Å²) < 4.78 is 3.24. The number of aryl methyl sites for hydroxylation is 2. The van der Waals surface area contributed by atoms with Crippen LogP contribution in [0.15, 0.2) is 42.7 Å². The summed E-state index contributed by atoms with van der Waals surface area (Å²) in [5.41, 5.74) is 4.24. The van der Waals surface area contributed by atoms with Crippen molar-refractivity contribution in [3.63, 3.8) is 0 Å². The monoisotopic (exact) mass is 480 g/mol. The number of benzene rings is 1. The van der Waals surface area contributed by atoms with Crippen LogP contribution >= 0.6 is 11.6 Å². The van der Waals surface area contributed by atoms with Gasteiger partial charge < -0.3 is 10.6 Å². The standard InChI is InChI=1S/C25H29ClN6O2/c1-17-7-9-19(10-8-17)14-32-25(26)22(18(2)30-32)11-12-23(33)29-21-13-27-31(15-21)16-24(34)28-20-5-3-4-6-20/h7-13,15,20H,3-6,14,16H2,1-2H3,(H,28,34)(H,29,33)/b12-11+. The first-order chi connectivity index (χ1) is 16.4. The van der Waals surface area contributed by atoms with Gasteiger partial charge in [0, 0.05) is 23.9 Å². The highest BCUT2D eigenvalue weighted by Crippen LogP contribution is 2.22. The molecule has 0 aliphatic heterocycles. The molecule has 1 aliphatic carbocycles. The molecule has 2 amide bonds. The fourth-order valence-corrected chi connectivity index (χ4v) is 4.37. The lowest BCUT2D eigenvalue weighted by molar-refractivity contribution is -0.122. The van der Waals surface area contributed by atoms with Crippen LogP contribution in [0, 0.1) is 13.8 Å². The molecule has 2 N–H and O–H groups in total. The Morgan fingerprint density at radius 3 is 2.65 bits per heavy atom. The van der Waals surface area contributed by atoms with Crippen molar-refractivity contribution in [2.45, 2.75) is 58.7 Å². The molecule has 34 heavy (non-hydrogen) atoms. The smallest absolute Gasteiger partial charge is 0.248 e. The highest BCUT2D eigenvalue weighted by molar-refractivity contribution is 6.31. The largest absolute Gasteiger partial charge is 0.352 e. The van der Waals surface area contributed by atoms with Crippen LogP contribution in [-0.4, -0.2) is 37.4 Å². The molecule has 9 heteroatoms. The van der Waals surface area contributed by atoms with Crippen molar-refractivity contribution in [1.82, 2.24) is 24.9 Å². The van der Waals surface area contributed by atoms with E-state index in [1.54, 1.807) is 17.0 Å². The Labute approximate surface area is 204 Å². The summed E-state index contributed by atoms with van der Waals surface area (Å²) >= 11 is 6.53. The third-order valence-corrected chi connectivity index (χ3v) is 6.29. The maximum absolute atomic E-state index is 12.4. The number of hydrogen-bond acceptors (Lipinski definition) is 4. The van der Waals surface area contributed by atoms with E-state index < -0.39 is 0 Å². The summed E-state index contributed by atoms with van der Waals surface area (Å²) in [5.74, 6) is -0.391. The highest BCUT2D eigenvalue weighted by atomic mass is 35.5. The number of amides is 2. The van der Waals surface area contributed by atoms with E-state index in [2.05, 4.69) is 33.0 Å². The maximum Gasteiger partial charge on any atom is 0.248 e. The number of carbonyl (C=O) groups excluding carboxylic acids is 2. The number of hydrogen-bond donors (Lipinski definition) is 2. The zero-order valence-electron chi connectivity index (χ0n) is 19.4. The maximum atomic E-state index is 12.4. The number of carbonyl (C=O) groups is 2. The molecule has 3 aromatic rings. The van der Waals surface area contributed by atoms with Crippen LogP contribution in [0.3, 0.4) is 0 Å². The van der Waals surface area contributed by atoms with Crippen LogP contribution in [0.2, 0.25) is 5.15 Å². The van der Waals surface area contributed by atoms with Gasteiger partial charge in [-0.1, -0.05) is 54.3 Å². The summed E-state index contributed by atoms with van der Waals surface area (Å²) in [6.07, 6.45) is 10.6. The lowest BCUT2D eigenvalue weighted by Crippen LogP contribution is -2.35. The van der Waals surface area contributed by atoms with E-state index in [4.69, 9.17) is 11.6 Å². The van der Waals surface area contributed by atoms with Gasteiger partial charge in [-0.15, -0.1) is 0 Å². The molecule has 1 saturated carbocycles. The lowest BCUT2D eigenvalue weighted by Gasteiger charge is -2.11. The van der Waals surface area contributed by atoms with E-state index in [1.165, 1.54) is 22.5 Å². The van der Waals surface area contributed by atoms with Gasteiger partial charge in [0.15, 0.2) is 0 Å². The molecule has 1 aromatic carbocycles. The molecule has 0 unspecified atom stereocenters. The van der Waals surface area contributed by atoms with Gasteiger partial charge in [0.25, 0.3) is 0 Å². The Kier molecular flexibility index (Phi) is 7.47. The summed E-state index contributed by atoms with van der Waals surface area (Å²) in [4.78, 5) is 24.6. The summed E-state index contributed by atoms with van der Waals surface area (Å²) in [6, 6.07) is 8.46. The fraction of sp³-hybridized carbons (Fsp3) is 0.360. The number of rotatable bonds is 8. The Hall–Kier alpha value is -3.39. The molecule has 8 nitrogen and oxygen atoms in total. The molecular formula is C25H29ClN6O2. The molecule has 0 saturated heterocycles. The first-order valence-corrected chi connectivity index (χ1v) is 11.8. The molecule has 0 bridgehead atoms. The van der Waals surface area contributed by atoms with Crippen LogP contribution in [0.1, 0.15) is 48.1 Å². The van der Waals surface area contributed by atoms with E-state index in [0.717, 1.165) is 36.9 Å². The number of aromatic nitrogens is 4. The molecule has 1 fully saturated rings. The number of nitrogens with one attached hydrogen (secondary N) is 2. The first kappa shape index (κ1) is 23.8. The second-order valence-electron chi connectivity index (χ2n) is 8.73. The first-order valence-electron chi connectivity index (χ1n) is 11.5. The number of halogens is 1. The van der Waals surface area contributed by atoms with Crippen LogP contribution in [0.25, 0.3) is 6.08 Å². The quantitative estimate of drug-likeness (QED) is 0.474. The molecule has 1 aliphatic rings. The van der Waals surface area contributed by atoms with E-state index in [-0.39, 0.29) is 24.4 Å². The van der Waals surface area contributed by atoms with Gasteiger partial charge in [-0.2, -0.15) is 10.2 Å². The SMILES string of the molecule is Cc1ccc(Cn2nc(C)c(/C=C/C(=O)Nc3cnn(CC(=O)NC4CCCC4)c3)c2Cl)cc1. The molecule has 0 atom stereocenters. The van der Waals surface area contributed by atoms with Crippen molar-refractivity contribution in [1.29, 1.82) is 0 Å². The summed E-state index contributed by atoms with van der Waals surface area (Å²) in [7, 11) is 0. The van der Waals surface area contributed by atoms with Gasteiger partial charge in [-0.25, -0.2) is 4.68 Å². The van der Waals surface area contributed by atoms with Crippen molar-refractivity contribution >= 4 is 35.2 Å². The van der Waals surface area contributed by atoms with Crippen LogP contribution in [0.4, 0.5) is 5.69 Å². The Bertz CT molecular complexity index is 1190. The molecule has 2 aromatic heterocycles. The Balaban J connectivity index is 1.33. The van der Waals surface area contributed by atoms with Crippen molar-refractivity contribution in [3.05, 3.63) is 70.3 Å². The Morgan fingerprint density at radius 2 is 1.91 bits per heavy atom. The van der Waals surface area contributed by atoms with Gasteiger partial charge in [0.05, 0.1) is 24.1 Å². The average Bonchev–Trinajstić information content (AvgIpc) is 3.51. The normalized spacial score (nSPS) is 14.1. The van der Waals surface area contributed by atoms with Gasteiger partial charge >= 0.3 is 0 Å². The number of nitrogens with zero attached hydrogens (tertiary/aromatic N) is 4. The molecule has 178 valence electrons. The van der Waals surface area contributed by atoms with Crippen molar-refractivity contribution in [3.8, 4) is 0 Å². The zero-order chi connectivity index (χ0) is 24.1. The van der Waals surface area contributed by atoms with E-state index in [9.17, 15) is 9.59 Å². The average molecular weight is 481 g/mol. The lowest BCUT2D eigenvalue weighted by atomic mass is 10.1. The zero-order valence-corrected chi connectivity index (χ0v) is 20.2. The van der Waals surface area contributed by atoms with Crippen LogP contribution in [0.5, 0.6) is 0 Å². The second kappa shape index (κ2) is 10.7. The van der Waals surface area contributed by atoms with E-state index in [1.807, 2.05) is 26.0 Å². The van der Waals surface area contributed by atoms with Crippen molar-refractivity contribution < 1.29 is 9.59 Å². The fourth-order valence-electron chi connectivity index (χ4n) is 4.08. The molecule has 4 rings (SSSR count). The molecule has 0 spiro atoms. The van der Waals surface area contributed by atoms with Crippen molar-refractivity contribution in [2.75, 3.05) is 5.32 Å². The third-order valence-electron chi connectivity index (χ3n) is 5.89. The molecule has 2 heterocycles. The summed E-state index contributed by atoms with van der Waals surface area (Å²) in [6.45, 7) is 4.57. The Morgan fingerprint density at radius 1 is 1.18 bits per heavy atom. The van der Waals surface area contributed by atoms with Gasteiger partial charge in [0.2, 0.25) is 11.8 Å². The molecule has 0 radical (unpaired) electrons. The minimum absolute atomic E-state index is 0.0689. The summed E-state index contributed by atoms with van der Waals surface area (Å²) in [5, 5.41) is 14.9. The highest BCUT2D eigenvalue weighted by Gasteiger charge is 2.17. The predicted octanol–water partition coefficient (Wildman–Crippen LogP) is 4.11. The van der Waals surface area contributed by atoms with Crippen molar-refractivity contribution in [2.24, 2.45) is 0 Å². The van der Waals surface area contributed by atoms with Gasteiger partial charge in [-0.3, -0.25) is 14.3 Å². The minimum atomic E-state index is -0.322. The van der Waals surface area contributed by atoms with E-state index in [0.29, 0.717) is 22.9 Å². The van der Waals surface area contributed by atoms with Crippen LogP contribution < -0.4 is 10.6 Å². The van der Waals surface area contributed by atoms with Crippen LogP contribution in [-0.2, 0) is 22.7 Å². The minimum Gasteiger partial charge on any atom is -0.352 e.